The van der Waals surface area contributed by atoms with E-state index < -0.39 is 0 Å². The van der Waals surface area contributed by atoms with Crippen molar-refractivity contribution in [1.82, 2.24) is 29.8 Å². The van der Waals surface area contributed by atoms with Gasteiger partial charge in [0.15, 0.2) is 5.82 Å². The highest BCUT2D eigenvalue weighted by Crippen LogP contribution is 2.02. The van der Waals surface area contributed by atoms with Crippen LogP contribution in [0.25, 0.3) is 0 Å². The molecule has 0 amide bonds. The number of hydrogen-bond acceptors (Lipinski definition) is 5. The van der Waals surface area contributed by atoms with Gasteiger partial charge in [-0.15, -0.1) is 15.3 Å². The maximum Gasteiger partial charge on any atom is 0.154 e. The lowest BCUT2D eigenvalue weighted by Gasteiger charge is -2.00. The van der Waals surface area contributed by atoms with E-state index in [2.05, 4.69) is 20.5 Å². The predicted molar refractivity (Wildman–Crippen MR) is 62.2 cm³/mol. The lowest BCUT2D eigenvalue weighted by Crippen LogP contribution is -2.07. The van der Waals surface area contributed by atoms with Gasteiger partial charge in [0.05, 0.1) is 5.69 Å². The Labute approximate surface area is 99.6 Å². The lowest BCUT2D eigenvalue weighted by atomic mass is 10.2. The largest absolute Gasteiger partial charge is 0.330 e. The Morgan fingerprint density at radius 1 is 1.29 bits per heavy atom. The monoisotopic (exact) mass is 235 g/mol. The molecule has 0 atom stereocenters. The average molecular weight is 235 g/mol. The first-order chi connectivity index (χ1) is 8.20. The first-order valence-electron chi connectivity index (χ1n) is 5.64. The van der Waals surface area contributed by atoms with Crippen LogP contribution >= 0.6 is 0 Å². The van der Waals surface area contributed by atoms with Gasteiger partial charge in [-0.1, -0.05) is 5.21 Å². The van der Waals surface area contributed by atoms with Crippen molar-refractivity contribution >= 4 is 0 Å². The fourth-order valence-corrected chi connectivity index (χ4v) is 1.55. The molecule has 0 saturated heterocycles. The maximum absolute atomic E-state index is 5.45. The second-order valence-corrected chi connectivity index (χ2v) is 4.02. The smallest absolute Gasteiger partial charge is 0.154 e. The minimum Gasteiger partial charge on any atom is -0.330 e. The zero-order valence-corrected chi connectivity index (χ0v) is 10.2. The van der Waals surface area contributed by atoms with E-state index in [4.69, 9.17) is 5.73 Å². The molecule has 2 rings (SSSR count). The molecule has 0 aliphatic heterocycles. The second-order valence-electron chi connectivity index (χ2n) is 4.02. The van der Waals surface area contributed by atoms with Crippen LogP contribution in [0.3, 0.4) is 0 Å². The van der Waals surface area contributed by atoms with Crippen LogP contribution in [0.5, 0.6) is 0 Å². The molecule has 2 N–H and O–H groups in total. The van der Waals surface area contributed by atoms with E-state index >= 15 is 0 Å². The van der Waals surface area contributed by atoms with Crippen molar-refractivity contribution in [2.45, 2.75) is 26.3 Å². The predicted octanol–water partition coefficient (Wildman–Crippen LogP) is -0.345. The number of hydrogen-bond donors (Lipinski definition) is 1. The van der Waals surface area contributed by atoms with Crippen LogP contribution < -0.4 is 5.73 Å². The number of aromatic nitrogens is 6. The van der Waals surface area contributed by atoms with Gasteiger partial charge in [-0.3, -0.25) is 0 Å². The van der Waals surface area contributed by atoms with Gasteiger partial charge in [0.25, 0.3) is 0 Å². The van der Waals surface area contributed by atoms with E-state index in [1.165, 1.54) is 0 Å². The van der Waals surface area contributed by atoms with Crippen LogP contribution in [-0.2, 0) is 20.0 Å². The normalized spacial score (nSPS) is 11.0. The van der Waals surface area contributed by atoms with Crippen molar-refractivity contribution in [3.8, 4) is 0 Å². The molecule has 7 heteroatoms. The van der Waals surface area contributed by atoms with Gasteiger partial charge in [-0.05, 0) is 26.3 Å². The summed E-state index contributed by atoms with van der Waals surface area (Å²) in [4.78, 5) is 0. The van der Waals surface area contributed by atoms with Crippen molar-refractivity contribution in [3.63, 3.8) is 0 Å². The van der Waals surface area contributed by atoms with E-state index in [1.54, 1.807) is 4.68 Å². The molecule has 0 aromatic carbocycles. The molecule has 0 saturated carbocycles. The highest BCUT2D eigenvalue weighted by molar-refractivity contribution is 4.97. The van der Waals surface area contributed by atoms with Crippen LogP contribution in [0, 0.1) is 6.92 Å². The zero-order chi connectivity index (χ0) is 12.3. The molecule has 0 aliphatic rings. The van der Waals surface area contributed by atoms with Crippen LogP contribution in [-0.4, -0.2) is 36.3 Å². The topological polar surface area (TPSA) is 87.4 Å². The molecular weight excluding hydrogens is 218 g/mol. The van der Waals surface area contributed by atoms with Gasteiger partial charge in [0.2, 0.25) is 0 Å². The van der Waals surface area contributed by atoms with Crippen molar-refractivity contribution in [1.29, 1.82) is 0 Å². The van der Waals surface area contributed by atoms with Gasteiger partial charge >= 0.3 is 0 Å². The highest BCUT2D eigenvalue weighted by atomic mass is 15.4. The van der Waals surface area contributed by atoms with Crippen LogP contribution in [0.4, 0.5) is 0 Å². The van der Waals surface area contributed by atoms with E-state index in [1.807, 2.05) is 24.7 Å². The van der Waals surface area contributed by atoms with Gasteiger partial charge in [-0.25, -0.2) is 4.68 Å². The van der Waals surface area contributed by atoms with Crippen LogP contribution in [0.1, 0.15) is 23.8 Å². The Morgan fingerprint density at radius 3 is 2.76 bits per heavy atom. The van der Waals surface area contributed by atoms with Gasteiger partial charge in [0, 0.05) is 13.2 Å². The number of aryl methyl sites for hydroxylation is 2. The molecule has 2 heterocycles. The molecule has 7 nitrogen and oxygen atoms in total. The molecular formula is C10H17N7. The maximum atomic E-state index is 5.45. The fourth-order valence-electron chi connectivity index (χ4n) is 1.55. The van der Waals surface area contributed by atoms with Crippen molar-refractivity contribution < 1.29 is 0 Å². The summed E-state index contributed by atoms with van der Waals surface area (Å²) in [6.45, 7) is 3.19. The van der Waals surface area contributed by atoms with Crippen molar-refractivity contribution in [2.24, 2.45) is 12.8 Å². The van der Waals surface area contributed by atoms with Gasteiger partial charge in [0.1, 0.15) is 12.4 Å². The number of rotatable bonds is 5. The molecule has 0 spiro atoms. The summed E-state index contributed by atoms with van der Waals surface area (Å²) in [7, 11) is 1.94. The summed E-state index contributed by atoms with van der Waals surface area (Å²) < 4.78 is 3.72. The first-order valence-corrected chi connectivity index (χ1v) is 5.64. The summed E-state index contributed by atoms with van der Waals surface area (Å²) in [6, 6.07) is 0. The molecule has 2 aromatic heterocycles. The second kappa shape index (κ2) is 5.05. The molecule has 92 valence electrons. The quantitative estimate of drug-likeness (QED) is 0.765. The third-order valence-corrected chi connectivity index (χ3v) is 2.71. The number of nitrogens with two attached hydrogens (primary N) is 1. The highest BCUT2D eigenvalue weighted by Gasteiger charge is 2.07. The Balaban J connectivity index is 2.04. The first kappa shape index (κ1) is 11.7. The standard InChI is InChI=1S/C10H17N7/c1-8-12-14-10(16(8)2)7-17-6-9(13-15-17)4-3-5-11/h6H,3-5,7,11H2,1-2H3. The number of nitrogens with zero attached hydrogens (tertiary/aromatic N) is 6. The Hall–Kier alpha value is -1.76. The molecule has 2 aromatic rings. The fraction of sp³-hybridized carbons (Fsp3) is 0.600. The average Bonchev–Trinajstić information content (AvgIpc) is 2.89. The van der Waals surface area contributed by atoms with Crippen molar-refractivity contribution in [3.05, 3.63) is 23.5 Å². The molecule has 0 unspecified atom stereocenters. The third-order valence-electron chi connectivity index (χ3n) is 2.71. The Morgan fingerprint density at radius 2 is 2.12 bits per heavy atom. The summed E-state index contributed by atoms with van der Waals surface area (Å²) >= 11 is 0. The summed E-state index contributed by atoms with van der Waals surface area (Å²) in [5, 5.41) is 16.2. The molecule has 0 bridgehead atoms. The molecule has 0 aliphatic carbocycles. The molecule has 17 heavy (non-hydrogen) atoms. The SMILES string of the molecule is Cc1nnc(Cn2cc(CCCN)nn2)n1C. The minimum atomic E-state index is 0.590. The van der Waals surface area contributed by atoms with Gasteiger partial charge in [-0.2, -0.15) is 0 Å². The van der Waals surface area contributed by atoms with Crippen LogP contribution in [0.2, 0.25) is 0 Å². The minimum absolute atomic E-state index is 0.590. The van der Waals surface area contributed by atoms with E-state index in [-0.39, 0.29) is 0 Å². The summed E-state index contributed by atoms with van der Waals surface area (Å²) in [5.41, 5.74) is 6.42. The van der Waals surface area contributed by atoms with E-state index in [0.29, 0.717) is 13.1 Å². The van der Waals surface area contributed by atoms with Gasteiger partial charge < -0.3 is 10.3 Å². The van der Waals surface area contributed by atoms with E-state index in [9.17, 15) is 0 Å². The zero-order valence-electron chi connectivity index (χ0n) is 10.2. The Bertz CT molecular complexity index is 485. The lowest BCUT2D eigenvalue weighted by molar-refractivity contribution is 0.603. The third kappa shape index (κ3) is 2.68. The molecule has 0 radical (unpaired) electrons. The van der Waals surface area contributed by atoms with Crippen molar-refractivity contribution in [2.75, 3.05) is 6.54 Å². The summed E-state index contributed by atoms with van der Waals surface area (Å²) in [6.07, 6.45) is 3.73. The molecule has 0 fully saturated rings. The van der Waals surface area contributed by atoms with E-state index in [0.717, 1.165) is 30.2 Å². The van der Waals surface area contributed by atoms with Crippen LogP contribution in [0.15, 0.2) is 6.20 Å². The Kier molecular flexibility index (Phi) is 3.48. The summed E-state index contributed by atoms with van der Waals surface area (Å²) in [5.74, 6) is 1.77.